The van der Waals surface area contributed by atoms with Crippen LogP contribution in [0.3, 0.4) is 0 Å². The first-order valence-electron chi connectivity index (χ1n) is 8.84. The first-order valence-corrected chi connectivity index (χ1v) is 8.84. The summed E-state index contributed by atoms with van der Waals surface area (Å²) in [5, 5.41) is 0. The number of hydrogen-bond donors (Lipinski definition) is 0. The van der Waals surface area contributed by atoms with Crippen LogP contribution in [-0.4, -0.2) is 45.7 Å². The molecule has 0 bridgehead atoms. The molecule has 0 aliphatic heterocycles. The Kier molecular flexibility index (Phi) is 11.1. The minimum atomic E-state index is -3.15. The van der Waals surface area contributed by atoms with Crippen LogP contribution in [-0.2, 0) is 9.47 Å². The Labute approximate surface area is 188 Å². The van der Waals surface area contributed by atoms with E-state index < -0.39 is 37.0 Å². The molecule has 0 atom stereocenters. The minimum absolute atomic E-state index is 0.0494. The number of halogens is 6. The van der Waals surface area contributed by atoms with Gasteiger partial charge >= 0.3 is 25.2 Å². The van der Waals surface area contributed by atoms with Crippen molar-refractivity contribution in [1.82, 2.24) is 0 Å². The lowest BCUT2D eigenvalue weighted by Gasteiger charge is -2.09. The van der Waals surface area contributed by atoms with Crippen molar-refractivity contribution in [2.45, 2.75) is 13.2 Å². The van der Waals surface area contributed by atoms with Gasteiger partial charge in [0.25, 0.3) is 6.08 Å². The highest BCUT2D eigenvalue weighted by molar-refractivity contribution is 5.92. The average molecular weight is 494 g/mol. The van der Waals surface area contributed by atoms with Crippen LogP contribution in [0.25, 0.3) is 6.08 Å². The van der Waals surface area contributed by atoms with E-state index >= 15 is 0 Å². The van der Waals surface area contributed by atoms with Gasteiger partial charge in [0.15, 0.2) is 6.29 Å². The van der Waals surface area contributed by atoms with Crippen molar-refractivity contribution in [2.24, 2.45) is 0 Å². The lowest BCUT2D eigenvalue weighted by Crippen LogP contribution is -2.06. The van der Waals surface area contributed by atoms with E-state index in [1.54, 1.807) is 0 Å². The standard InChI is InChI=1S/C11H8F4O3.C10H8F2O4/c1-17-10(16)6-2-3-8(18-11(14)15)7(4-6)5-9(12)13;1-15-9(14)6-2-3-8(16-10(11)12)7(4-6)5-13/h2-5,11H,1H3;2-5,10H,1H3. The second-order valence-electron chi connectivity index (χ2n) is 5.80. The Hall–Kier alpha value is -4.03. The van der Waals surface area contributed by atoms with Crippen LogP contribution in [0.5, 0.6) is 11.5 Å². The summed E-state index contributed by atoms with van der Waals surface area (Å²) in [5.74, 6) is -2.16. The van der Waals surface area contributed by atoms with Gasteiger partial charge in [-0.15, -0.1) is 0 Å². The lowest BCUT2D eigenvalue weighted by atomic mass is 10.1. The molecule has 0 amide bonds. The zero-order valence-corrected chi connectivity index (χ0v) is 17.4. The number of carbonyl (C=O) groups excluding carboxylic acids is 3. The monoisotopic (exact) mass is 494 g/mol. The maximum atomic E-state index is 12.2. The lowest BCUT2D eigenvalue weighted by molar-refractivity contribution is -0.0507. The molecule has 0 N–H and O–H groups in total. The summed E-state index contributed by atoms with van der Waals surface area (Å²) >= 11 is 0. The van der Waals surface area contributed by atoms with Crippen LogP contribution in [0, 0.1) is 0 Å². The molecule has 0 aliphatic rings. The average Bonchev–Trinajstić information content (AvgIpc) is 2.78. The Bertz CT molecular complexity index is 1040. The molecular formula is C21H16F6O7. The van der Waals surface area contributed by atoms with Gasteiger partial charge in [-0.3, -0.25) is 4.79 Å². The largest absolute Gasteiger partial charge is 0.465 e. The highest BCUT2D eigenvalue weighted by atomic mass is 19.3. The van der Waals surface area contributed by atoms with Crippen LogP contribution < -0.4 is 9.47 Å². The van der Waals surface area contributed by atoms with Crippen molar-refractivity contribution >= 4 is 24.3 Å². The van der Waals surface area contributed by atoms with Crippen molar-refractivity contribution in [3.63, 3.8) is 0 Å². The van der Waals surface area contributed by atoms with E-state index in [0.29, 0.717) is 12.4 Å². The van der Waals surface area contributed by atoms with Crippen molar-refractivity contribution in [3.8, 4) is 11.5 Å². The van der Waals surface area contributed by atoms with Crippen molar-refractivity contribution in [3.05, 3.63) is 64.7 Å². The van der Waals surface area contributed by atoms with Crippen LogP contribution in [0.4, 0.5) is 26.3 Å². The molecule has 13 heteroatoms. The van der Waals surface area contributed by atoms with Crippen molar-refractivity contribution < 1.29 is 59.7 Å². The zero-order chi connectivity index (χ0) is 25.8. The Morgan fingerprint density at radius 2 is 1.18 bits per heavy atom. The molecule has 0 spiro atoms. The molecule has 2 aromatic carbocycles. The number of benzene rings is 2. The molecule has 2 rings (SSSR count). The van der Waals surface area contributed by atoms with E-state index in [-0.39, 0.29) is 28.0 Å². The Morgan fingerprint density at radius 1 is 0.765 bits per heavy atom. The van der Waals surface area contributed by atoms with Gasteiger partial charge in [-0.05, 0) is 36.4 Å². The maximum absolute atomic E-state index is 12.2. The molecule has 0 heterocycles. The molecule has 0 fully saturated rings. The van der Waals surface area contributed by atoms with E-state index in [1.165, 1.54) is 13.2 Å². The number of hydrogen-bond acceptors (Lipinski definition) is 7. The second kappa shape index (κ2) is 13.5. The van der Waals surface area contributed by atoms with Crippen molar-refractivity contribution in [2.75, 3.05) is 14.2 Å². The number of esters is 2. The first-order chi connectivity index (χ1) is 16.0. The third-order valence-corrected chi connectivity index (χ3v) is 3.69. The summed E-state index contributed by atoms with van der Waals surface area (Å²) in [4.78, 5) is 32.8. The topological polar surface area (TPSA) is 88.1 Å². The molecule has 7 nitrogen and oxygen atoms in total. The van der Waals surface area contributed by atoms with Crippen LogP contribution in [0.2, 0.25) is 0 Å². The number of methoxy groups -OCH3 is 2. The third-order valence-electron chi connectivity index (χ3n) is 3.69. The summed E-state index contributed by atoms with van der Waals surface area (Å²) in [6.07, 6.45) is -1.45. The van der Waals surface area contributed by atoms with E-state index in [9.17, 15) is 40.7 Å². The molecule has 0 saturated carbocycles. The van der Waals surface area contributed by atoms with Crippen LogP contribution in [0.15, 0.2) is 42.5 Å². The van der Waals surface area contributed by atoms with Gasteiger partial charge in [-0.2, -0.15) is 26.3 Å². The van der Waals surface area contributed by atoms with Gasteiger partial charge in [0, 0.05) is 11.6 Å². The SMILES string of the molecule is COC(=O)c1ccc(OC(F)F)c(C=C(F)F)c1.COC(=O)c1ccc(OC(F)F)c(C=O)c1. The fraction of sp³-hybridized carbons (Fsp3) is 0.190. The summed E-state index contributed by atoms with van der Waals surface area (Å²) < 4.78 is 89.2. The molecule has 184 valence electrons. The summed E-state index contributed by atoms with van der Waals surface area (Å²) in [6.45, 7) is -6.17. The van der Waals surface area contributed by atoms with Gasteiger partial charge in [-0.25, -0.2) is 9.59 Å². The Balaban J connectivity index is 0.000000342. The zero-order valence-electron chi connectivity index (χ0n) is 17.4. The van der Waals surface area contributed by atoms with Gasteiger partial charge in [0.05, 0.1) is 30.9 Å². The van der Waals surface area contributed by atoms with Gasteiger partial charge in [0.1, 0.15) is 11.5 Å². The van der Waals surface area contributed by atoms with Crippen molar-refractivity contribution in [1.29, 1.82) is 0 Å². The molecule has 0 radical (unpaired) electrons. The van der Waals surface area contributed by atoms with Crippen LogP contribution in [0.1, 0.15) is 36.6 Å². The summed E-state index contributed by atoms with van der Waals surface area (Å²) in [7, 11) is 2.28. The Morgan fingerprint density at radius 3 is 1.53 bits per heavy atom. The maximum Gasteiger partial charge on any atom is 0.387 e. The molecular weight excluding hydrogens is 478 g/mol. The fourth-order valence-electron chi connectivity index (χ4n) is 2.32. The number of aldehydes is 1. The molecule has 2 aromatic rings. The van der Waals surface area contributed by atoms with E-state index in [0.717, 1.165) is 37.4 Å². The van der Waals surface area contributed by atoms with E-state index in [4.69, 9.17) is 0 Å². The van der Waals surface area contributed by atoms with E-state index in [1.807, 2.05) is 0 Å². The van der Waals surface area contributed by atoms with Crippen LogP contribution >= 0.6 is 0 Å². The summed E-state index contributed by atoms with van der Waals surface area (Å²) in [5.41, 5.74) is -0.431. The predicted octanol–water partition coefficient (Wildman–Crippen LogP) is 5.20. The number of carbonyl (C=O) groups is 3. The minimum Gasteiger partial charge on any atom is -0.465 e. The summed E-state index contributed by atoms with van der Waals surface area (Å²) in [6, 6.07) is 6.57. The number of rotatable bonds is 8. The molecule has 0 unspecified atom stereocenters. The highest BCUT2D eigenvalue weighted by Gasteiger charge is 2.14. The smallest absolute Gasteiger partial charge is 0.387 e. The number of alkyl halides is 4. The van der Waals surface area contributed by atoms with Gasteiger partial charge in [-0.1, -0.05) is 0 Å². The molecule has 34 heavy (non-hydrogen) atoms. The quantitative estimate of drug-likeness (QED) is 0.283. The van der Waals surface area contributed by atoms with E-state index in [2.05, 4.69) is 18.9 Å². The highest BCUT2D eigenvalue weighted by Crippen LogP contribution is 2.26. The number of ether oxygens (including phenoxy) is 4. The van der Waals surface area contributed by atoms with Gasteiger partial charge in [0.2, 0.25) is 0 Å². The predicted molar refractivity (Wildman–Crippen MR) is 104 cm³/mol. The normalized spacial score (nSPS) is 10.1. The first kappa shape index (κ1) is 28.0. The second-order valence-corrected chi connectivity index (χ2v) is 5.80. The fourth-order valence-corrected chi connectivity index (χ4v) is 2.32. The molecule has 0 saturated heterocycles. The third kappa shape index (κ3) is 8.84. The van der Waals surface area contributed by atoms with Gasteiger partial charge < -0.3 is 18.9 Å². The molecule has 0 aromatic heterocycles. The molecule has 0 aliphatic carbocycles.